The third-order valence-corrected chi connectivity index (χ3v) is 3.17. The van der Waals surface area contributed by atoms with E-state index in [0.29, 0.717) is 25.3 Å². The molecule has 1 heterocycles. The Balaban J connectivity index is 1.84. The maximum atomic E-state index is 11.7. The number of likely N-dealkylation sites (tertiary alicyclic amines) is 1. The Bertz CT molecular complexity index is 410. The Morgan fingerprint density at radius 1 is 1.59 bits per heavy atom. The molecule has 0 saturated carbocycles. The number of aliphatic hydroxyl groups is 1. The van der Waals surface area contributed by atoms with Crippen LogP contribution in [0.3, 0.4) is 0 Å². The standard InChI is InChI=1S/C12H14BrNO3/c13-9-2-1-3-11(6-9)17-8-12(16)14-5-4-10(15)7-14/h1-3,6,10,15H,4-5,7-8H2/t10-/m0/s1. The van der Waals surface area contributed by atoms with Crippen LogP contribution in [0.5, 0.6) is 5.75 Å². The van der Waals surface area contributed by atoms with Gasteiger partial charge in [-0.2, -0.15) is 0 Å². The number of hydrogen-bond acceptors (Lipinski definition) is 3. The number of β-amino-alcohol motifs (C(OH)–C–C–N with tert-alkyl or cyclic N) is 1. The molecule has 92 valence electrons. The van der Waals surface area contributed by atoms with Crippen molar-refractivity contribution in [2.75, 3.05) is 19.7 Å². The first-order valence-electron chi connectivity index (χ1n) is 5.49. The number of aliphatic hydroxyl groups excluding tert-OH is 1. The van der Waals surface area contributed by atoms with Gasteiger partial charge in [0.1, 0.15) is 5.75 Å². The molecule has 0 unspecified atom stereocenters. The quantitative estimate of drug-likeness (QED) is 0.918. The lowest BCUT2D eigenvalue weighted by Gasteiger charge is -2.15. The fourth-order valence-corrected chi connectivity index (χ4v) is 2.14. The monoisotopic (exact) mass is 299 g/mol. The average Bonchev–Trinajstić information content (AvgIpc) is 2.73. The van der Waals surface area contributed by atoms with Crippen molar-refractivity contribution < 1.29 is 14.6 Å². The number of nitrogens with zero attached hydrogens (tertiary/aromatic N) is 1. The third kappa shape index (κ3) is 3.44. The van der Waals surface area contributed by atoms with Crippen LogP contribution in [0.2, 0.25) is 0 Å². The molecule has 0 radical (unpaired) electrons. The number of benzene rings is 1. The number of hydrogen-bond donors (Lipinski definition) is 1. The number of carbonyl (C=O) groups excluding carboxylic acids is 1. The number of halogens is 1. The van der Waals surface area contributed by atoms with Crippen molar-refractivity contribution in [2.24, 2.45) is 0 Å². The van der Waals surface area contributed by atoms with Crippen LogP contribution in [0, 0.1) is 0 Å². The van der Waals surface area contributed by atoms with E-state index in [1.54, 1.807) is 11.0 Å². The van der Waals surface area contributed by atoms with Gasteiger partial charge in [0, 0.05) is 17.6 Å². The Labute approximate surface area is 108 Å². The Hall–Kier alpha value is -1.07. The van der Waals surface area contributed by atoms with Gasteiger partial charge in [-0.1, -0.05) is 22.0 Å². The number of ether oxygens (including phenoxy) is 1. The van der Waals surface area contributed by atoms with E-state index in [4.69, 9.17) is 4.74 Å². The van der Waals surface area contributed by atoms with Crippen molar-refractivity contribution in [3.8, 4) is 5.75 Å². The van der Waals surface area contributed by atoms with Crippen LogP contribution in [0.1, 0.15) is 6.42 Å². The van der Waals surface area contributed by atoms with Crippen LogP contribution in [0.25, 0.3) is 0 Å². The number of rotatable bonds is 3. The summed E-state index contributed by atoms with van der Waals surface area (Å²) in [6.45, 7) is 1.05. The minimum Gasteiger partial charge on any atom is -0.484 e. The smallest absolute Gasteiger partial charge is 0.260 e. The molecule has 2 rings (SSSR count). The predicted molar refractivity (Wildman–Crippen MR) is 66.8 cm³/mol. The fourth-order valence-electron chi connectivity index (χ4n) is 1.76. The van der Waals surface area contributed by atoms with Crippen molar-refractivity contribution in [2.45, 2.75) is 12.5 Å². The summed E-state index contributed by atoms with van der Waals surface area (Å²) in [6.07, 6.45) is 0.271. The predicted octanol–water partition coefficient (Wildman–Crippen LogP) is 1.42. The molecule has 1 amide bonds. The summed E-state index contributed by atoms with van der Waals surface area (Å²) in [5.74, 6) is 0.578. The first-order chi connectivity index (χ1) is 8.15. The highest BCUT2D eigenvalue weighted by Gasteiger charge is 2.24. The normalized spacial score (nSPS) is 19.4. The van der Waals surface area contributed by atoms with Gasteiger partial charge in [0.2, 0.25) is 0 Å². The molecule has 0 spiro atoms. The van der Waals surface area contributed by atoms with Crippen LogP contribution in [-0.4, -0.2) is 41.7 Å². The van der Waals surface area contributed by atoms with Crippen molar-refractivity contribution >= 4 is 21.8 Å². The molecular weight excluding hydrogens is 286 g/mol. The summed E-state index contributed by atoms with van der Waals surface area (Å²) in [5.41, 5.74) is 0. The second-order valence-corrected chi connectivity index (χ2v) is 4.94. The molecule has 1 aliphatic rings. The highest BCUT2D eigenvalue weighted by Crippen LogP contribution is 2.18. The SMILES string of the molecule is O=C(COc1cccc(Br)c1)N1CC[C@H](O)C1. The lowest BCUT2D eigenvalue weighted by Crippen LogP contribution is -2.33. The van der Waals surface area contributed by atoms with Crippen LogP contribution in [-0.2, 0) is 4.79 Å². The number of amides is 1. The molecule has 17 heavy (non-hydrogen) atoms. The van der Waals surface area contributed by atoms with Gasteiger partial charge >= 0.3 is 0 Å². The van der Waals surface area contributed by atoms with Gasteiger partial charge in [-0.3, -0.25) is 4.79 Å². The van der Waals surface area contributed by atoms with Gasteiger partial charge in [-0.05, 0) is 24.6 Å². The van der Waals surface area contributed by atoms with Gasteiger partial charge in [0.15, 0.2) is 6.61 Å². The molecule has 4 nitrogen and oxygen atoms in total. The second kappa shape index (κ2) is 5.51. The maximum absolute atomic E-state index is 11.7. The van der Waals surface area contributed by atoms with E-state index in [9.17, 15) is 9.90 Å². The van der Waals surface area contributed by atoms with Gasteiger partial charge in [0.25, 0.3) is 5.91 Å². The molecular formula is C12H14BrNO3. The van der Waals surface area contributed by atoms with Crippen molar-refractivity contribution in [3.63, 3.8) is 0 Å². The molecule has 0 aliphatic carbocycles. The lowest BCUT2D eigenvalue weighted by atomic mass is 10.3. The molecule has 1 saturated heterocycles. The van der Waals surface area contributed by atoms with E-state index in [1.165, 1.54) is 0 Å². The zero-order valence-electron chi connectivity index (χ0n) is 9.30. The zero-order valence-corrected chi connectivity index (χ0v) is 10.9. The first kappa shape index (κ1) is 12.4. The summed E-state index contributed by atoms with van der Waals surface area (Å²) >= 11 is 3.33. The molecule has 0 bridgehead atoms. The molecule has 1 N–H and O–H groups in total. The largest absolute Gasteiger partial charge is 0.484 e. The van der Waals surface area contributed by atoms with Crippen molar-refractivity contribution in [1.29, 1.82) is 0 Å². The van der Waals surface area contributed by atoms with Crippen LogP contribution >= 0.6 is 15.9 Å². The van der Waals surface area contributed by atoms with E-state index >= 15 is 0 Å². The third-order valence-electron chi connectivity index (χ3n) is 2.67. The van der Waals surface area contributed by atoms with Crippen molar-refractivity contribution in [3.05, 3.63) is 28.7 Å². The van der Waals surface area contributed by atoms with Crippen LogP contribution in [0.15, 0.2) is 28.7 Å². The van der Waals surface area contributed by atoms with E-state index < -0.39 is 0 Å². The summed E-state index contributed by atoms with van der Waals surface area (Å²) < 4.78 is 6.31. The molecule has 1 aromatic carbocycles. The van der Waals surface area contributed by atoms with Gasteiger partial charge in [-0.25, -0.2) is 0 Å². The van der Waals surface area contributed by atoms with Crippen LogP contribution < -0.4 is 4.74 Å². The molecule has 1 aliphatic heterocycles. The Morgan fingerprint density at radius 3 is 3.06 bits per heavy atom. The summed E-state index contributed by atoms with van der Waals surface area (Å²) in [5, 5.41) is 9.33. The maximum Gasteiger partial charge on any atom is 0.260 e. The highest BCUT2D eigenvalue weighted by atomic mass is 79.9. The molecule has 1 atom stereocenters. The second-order valence-electron chi connectivity index (χ2n) is 4.03. The molecule has 1 fully saturated rings. The summed E-state index contributed by atoms with van der Waals surface area (Å²) in [7, 11) is 0. The van der Waals surface area contributed by atoms with Crippen LogP contribution in [0.4, 0.5) is 0 Å². The lowest BCUT2D eigenvalue weighted by molar-refractivity contribution is -0.132. The summed E-state index contributed by atoms with van der Waals surface area (Å²) in [6, 6.07) is 7.36. The van der Waals surface area contributed by atoms with E-state index in [-0.39, 0.29) is 18.6 Å². The van der Waals surface area contributed by atoms with E-state index in [1.807, 2.05) is 18.2 Å². The summed E-state index contributed by atoms with van der Waals surface area (Å²) in [4.78, 5) is 13.4. The zero-order chi connectivity index (χ0) is 12.3. The van der Waals surface area contributed by atoms with Gasteiger partial charge in [-0.15, -0.1) is 0 Å². The minimum atomic E-state index is -0.384. The Morgan fingerprint density at radius 2 is 2.41 bits per heavy atom. The topological polar surface area (TPSA) is 49.8 Å². The fraction of sp³-hybridized carbons (Fsp3) is 0.417. The van der Waals surface area contributed by atoms with Gasteiger partial charge < -0.3 is 14.7 Å². The molecule has 0 aromatic heterocycles. The van der Waals surface area contributed by atoms with Gasteiger partial charge in [0.05, 0.1) is 6.10 Å². The minimum absolute atomic E-state index is 0.0170. The first-order valence-corrected chi connectivity index (χ1v) is 6.28. The highest BCUT2D eigenvalue weighted by molar-refractivity contribution is 9.10. The van der Waals surface area contributed by atoms with E-state index in [0.717, 1.165) is 4.47 Å². The van der Waals surface area contributed by atoms with Crippen molar-refractivity contribution in [1.82, 2.24) is 4.90 Å². The average molecular weight is 300 g/mol. The Kier molecular flexibility index (Phi) is 4.02. The molecule has 5 heteroatoms. The molecule has 1 aromatic rings. The van der Waals surface area contributed by atoms with E-state index in [2.05, 4.69) is 15.9 Å². The number of carbonyl (C=O) groups is 1.